The SMILES string of the molecule is CCNC(c1cncc(F)c1)c1ccc(Cl)cc1F. The van der Waals surface area contributed by atoms with E-state index in [9.17, 15) is 8.78 Å². The first kappa shape index (κ1) is 13.9. The van der Waals surface area contributed by atoms with Gasteiger partial charge in [0.15, 0.2) is 0 Å². The molecular weight excluding hydrogens is 270 g/mol. The fourth-order valence-electron chi connectivity index (χ4n) is 1.93. The summed E-state index contributed by atoms with van der Waals surface area (Å²) < 4.78 is 27.2. The van der Waals surface area contributed by atoms with Gasteiger partial charge in [-0.1, -0.05) is 24.6 Å². The minimum absolute atomic E-state index is 0.328. The van der Waals surface area contributed by atoms with E-state index < -0.39 is 17.7 Å². The van der Waals surface area contributed by atoms with Crippen LogP contribution in [0.15, 0.2) is 36.7 Å². The van der Waals surface area contributed by atoms with Crippen molar-refractivity contribution < 1.29 is 8.78 Å². The van der Waals surface area contributed by atoms with Crippen LogP contribution in [0.2, 0.25) is 5.02 Å². The standard InChI is InChI=1S/C14H13ClF2N2/c1-2-19-14(9-5-11(16)8-18-7-9)12-4-3-10(15)6-13(12)17/h3-8,14,19H,2H2,1H3. The van der Waals surface area contributed by atoms with Gasteiger partial charge in [0.1, 0.15) is 11.6 Å². The van der Waals surface area contributed by atoms with Gasteiger partial charge in [-0.25, -0.2) is 8.78 Å². The molecule has 0 aliphatic rings. The Balaban J connectivity index is 2.45. The molecule has 1 unspecified atom stereocenters. The second-order valence-electron chi connectivity index (χ2n) is 4.09. The molecule has 2 rings (SSSR count). The third-order valence-electron chi connectivity index (χ3n) is 2.74. The molecule has 1 heterocycles. The van der Waals surface area contributed by atoms with Crippen molar-refractivity contribution in [3.63, 3.8) is 0 Å². The van der Waals surface area contributed by atoms with Crippen LogP contribution in [0.3, 0.4) is 0 Å². The number of hydrogen-bond acceptors (Lipinski definition) is 2. The van der Waals surface area contributed by atoms with E-state index in [1.807, 2.05) is 6.92 Å². The molecule has 0 fully saturated rings. The van der Waals surface area contributed by atoms with Crippen molar-refractivity contribution in [2.75, 3.05) is 6.54 Å². The van der Waals surface area contributed by atoms with Gasteiger partial charge in [0.2, 0.25) is 0 Å². The van der Waals surface area contributed by atoms with Gasteiger partial charge in [0.05, 0.1) is 12.2 Å². The number of benzene rings is 1. The third kappa shape index (κ3) is 3.28. The first-order valence-electron chi connectivity index (χ1n) is 5.90. The number of pyridine rings is 1. The molecule has 5 heteroatoms. The molecule has 0 saturated carbocycles. The monoisotopic (exact) mass is 282 g/mol. The fraction of sp³-hybridized carbons (Fsp3) is 0.214. The highest BCUT2D eigenvalue weighted by Crippen LogP contribution is 2.26. The zero-order chi connectivity index (χ0) is 13.8. The quantitative estimate of drug-likeness (QED) is 0.925. The number of halogens is 3. The molecule has 1 aromatic carbocycles. The number of rotatable bonds is 4. The lowest BCUT2D eigenvalue weighted by atomic mass is 9.99. The Hall–Kier alpha value is -1.52. The first-order valence-corrected chi connectivity index (χ1v) is 6.28. The van der Waals surface area contributed by atoms with Crippen LogP contribution in [0.4, 0.5) is 8.78 Å². The summed E-state index contributed by atoms with van der Waals surface area (Å²) in [7, 11) is 0. The van der Waals surface area contributed by atoms with Gasteiger partial charge in [0.25, 0.3) is 0 Å². The van der Waals surface area contributed by atoms with E-state index in [-0.39, 0.29) is 0 Å². The Kier molecular flexibility index (Phi) is 4.45. The van der Waals surface area contributed by atoms with Crippen LogP contribution in [0, 0.1) is 11.6 Å². The molecular formula is C14H13ClF2N2. The lowest BCUT2D eigenvalue weighted by molar-refractivity contribution is 0.552. The molecule has 0 bridgehead atoms. The van der Waals surface area contributed by atoms with Gasteiger partial charge < -0.3 is 5.32 Å². The maximum absolute atomic E-state index is 14.0. The zero-order valence-electron chi connectivity index (χ0n) is 10.3. The van der Waals surface area contributed by atoms with Gasteiger partial charge >= 0.3 is 0 Å². The summed E-state index contributed by atoms with van der Waals surface area (Å²) in [5, 5.41) is 3.44. The highest BCUT2D eigenvalue weighted by atomic mass is 35.5. The van der Waals surface area contributed by atoms with Crippen molar-refractivity contribution in [2.45, 2.75) is 13.0 Å². The first-order chi connectivity index (χ1) is 9.11. The summed E-state index contributed by atoms with van der Waals surface area (Å²) in [6.07, 6.45) is 2.63. The van der Waals surface area contributed by atoms with Crippen LogP contribution in [-0.2, 0) is 0 Å². The predicted octanol–water partition coefficient (Wildman–Crippen LogP) is 3.71. The van der Waals surface area contributed by atoms with E-state index in [4.69, 9.17) is 11.6 Å². The van der Waals surface area contributed by atoms with Crippen LogP contribution in [-0.4, -0.2) is 11.5 Å². The van der Waals surface area contributed by atoms with Crippen molar-refractivity contribution in [3.8, 4) is 0 Å². The van der Waals surface area contributed by atoms with Crippen molar-refractivity contribution in [1.29, 1.82) is 0 Å². The number of aromatic nitrogens is 1. The van der Waals surface area contributed by atoms with E-state index in [0.29, 0.717) is 22.7 Å². The summed E-state index contributed by atoms with van der Waals surface area (Å²) in [6.45, 7) is 2.51. The highest BCUT2D eigenvalue weighted by Gasteiger charge is 2.18. The molecule has 19 heavy (non-hydrogen) atoms. The van der Waals surface area contributed by atoms with Gasteiger partial charge in [-0.2, -0.15) is 0 Å². The summed E-state index contributed by atoms with van der Waals surface area (Å²) >= 11 is 5.74. The van der Waals surface area contributed by atoms with Crippen LogP contribution >= 0.6 is 11.6 Å². The van der Waals surface area contributed by atoms with E-state index in [2.05, 4.69) is 10.3 Å². The Morgan fingerprint density at radius 3 is 2.68 bits per heavy atom. The molecule has 1 N–H and O–H groups in total. The average molecular weight is 283 g/mol. The maximum atomic E-state index is 14.0. The Morgan fingerprint density at radius 1 is 1.26 bits per heavy atom. The average Bonchev–Trinajstić information content (AvgIpc) is 2.37. The third-order valence-corrected chi connectivity index (χ3v) is 2.98. The van der Waals surface area contributed by atoms with Crippen molar-refractivity contribution in [3.05, 3.63) is 64.4 Å². The van der Waals surface area contributed by atoms with Gasteiger partial charge in [0, 0.05) is 16.8 Å². The number of nitrogens with zero attached hydrogens (tertiary/aromatic N) is 1. The van der Waals surface area contributed by atoms with E-state index >= 15 is 0 Å². The molecule has 2 aromatic rings. The normalized spacial score (nSPS) is 12.4. The Morgan fingerprint density at radius 2 is 2.05 bits per heavy atom. The fourth-order valence-corrected chi connectivity index (χ4v) is 2.09. The smallest absolute Gasteiger partial charge is 0.141 e. The lowest BCUT2D eigenvalue weighted by Gasteiger charge is -2.19. The minimum atomic E-state index is -0.453. The zero-order valence-corrected chi connectivity index (χ0v) is 11.1. The summed E-state index contributed by atoms with van der Waals surface area (Å²) in [5.41, 5.74) is 0.988. The van der Waals surface area contributed by atoms with Crippen LogP contribution in [0.25, 0.3) is 0 Å². The number of hydrogen-bond donors (Lipinski definition) is 1. The second-order valence-corrected chi connectivity index (χ2v) is 4.53. The van der Waals surface area contributed by atoms with Crippen molar-refractivity contribution >= 4 is 11.6 Å². The van der Waals surface area contributed by atoms with Crippen LogP contribution < -0.4 is 5.32 Å². The summed E-state index contributed by atoms with van der Waals surface area (Å²) in [5.74, 6) is -0.877. The molecule has 0 amide bonds. The van der Waals surface area contributed by atoms with Crippen molar-refractivity contribution in [2.24, 2.45) is 0 Å². The molecule has 2 nitrogen and oxygen atoms in total. The largest absolute Gasteiger partial charge is 0.306 e. The summed E-state index contributed by atoms with van der Waals surface area (Å²) in [4.78, 5) is 3.80. The van der Waals surface area contributed by atoms with E-state index in [0.717, 1.165) is 6.20 Å². The van der Waals surface area contributed by atoms with E-state index in [1.165, 1.54) is 18.3 Å². The highest BCUT2D eigenvalue weighted by molar-refractivity contribution is 6.30. The molecule has 0 aliphatic carbocycles. The van der Waals surface area contributed by atoms with E-state index in [1.54, 1.807) is 12.1 Å². The lowest BCUT2D eigenvalue weighted by Crippen LogP contribution is -2.23. The van der Waals surface area contributed by atoms with Gasteiger partial charge in [-0.05, 0) is 30.3 Å². The second kappa shape index (κ2) is 6.08. The molecule has 1 atom stereocenters. The summed E-state index contributed by atoms with van der Waals surface area (Å²) in [6, 6.07) is 5.33. The molecule has 100 valence electrons. The molecule has 0 aliphatic heterocycles. The van der Waals surface area contributed by atoms with Gasteiger partial charge in [-0.3, -0.25) is 4.98 Å². The maximum Gasteiger partial charge on any atom is 0.141 e. The Labute approximate surface area is 115 Å². The molecule has 0 saturated heterocycles. The molecule has 0 radical (unpaired) electrons. The molecule has 0 spiro atoms. The van der Waals surface area contributed by atoms with Crippen LogP contribution in [0.1, 0.15) is 24.1 Å². The topological polar surface area (TPSA) is 24.9 Å². The Bertz CT molecular complexity index is 575. The van der Waals surface area contributed by atoms with Crippen LogP contribution in [0.5, 0.6) is 0 Å². The van der Waals surface area contributed by atoms with Gasteiger partial charge in [-0.15, -0.1) is 0 Å². The minimum Gasteiger partial charge on any atom is -0.306 e. The molecule has 1 aromatic heterocycles. The predicted molar refractivity (Wildman–Crippen MR) is 71.1 cm³/mol. The number of nitrogens with one attached hydrogen (secondary N) is 1. The van der Waals surface area contributed by atoms with Crippen molar-refractivity contribution in [1.82, 2.24) is 10.3 Å².